The molecule has 7 heteroatoms. The summed E-state index contributed by atoms with van der Waals surface area (Å²) in [6.45, 7) is 2.22. The van der Waals surface area contributed by atoms with Gasteiger partial charge in [0.05, 0.1) is 10.7 Å². The van der Waals surface area contributed by atoms with Crippen molar-refractivity contribution in [3.8, 4) is 11.3 Å². The molecule has 0 saturated heterocycles. The standard InChI is InChI=1S/C20H18ClN3O2S/c1-13-23-18(12-27-13)14-4-8-17(9-5-14)24-19(25)10-11-22-20(26)15-2-6-16(21)7-3-15/h2-9,12H,10-11H2,1H3,(H,22,26)(H,24,25). The first kappa shape index (κ1) is 19.1. The minimum atomic E-state index is -0.234. The van der Waals surface area contributed by atoms with Gasteiger partial charge < -0.3 is 10.6 Å². The van der Waals surface area contributed by atoms with Crippen LogP contribution in [-0.2, 0) is 4.79 Å². The van der Waals surface area contributed by atoms with Crippen molar-refractivity contribution in [2.45, 2.75) is 13.3 Å². The molecule has 0 aliphatic rings. The van der Waals surface area contributed by atoms with E-state index in [9.17, 15) is 9.59 Å². The Balaban J connectivity index is 1.46. The number of amides is 2. The van der Waals surface area contributed by atoms with E-state index in [0.29, 0.717) is 16.3 Å². The molecule has 2 N–H and O–H groups in total. The highest BCUT2D eigenvalue weighted by Crippen LogP contribution is 2.23. The maximum absolute atomic E-state index is 12.0. The van der Waals surface area contributed by atoms with E-state index in [2.05, 4.69) is 15.6 Å². The maximum atomic E-state index is 12.0. The van der Waals surface area contributed by atoms with Gasteiger partial charge in [0.25, 0.3) is 5.91 Å². The fraction of sp³-hybridized carbons (Fsp3) is 0.150. The van der Waals surface area contributed by atoms with E-state index in [1.807, 2.05) is 36.6 Å². The van der Waals surface area contributed by atoms with Crippen LogP contribution in [0.4, 0.5) is 5.69 Å². The van der Waals surface area contributed by atoms with Crippen LogP contribution in [-0.4, -0.2) is 23.3 Å². The van der Waals surface area contributed by atoms with Crippen LogP contribution >= 0.6 is 22.9 Å². The number of rotatable bonds is 6. The zero-order chi connectivity index (χ0) is 19.2. The second-order valence-corrected chi connectivity index (χ2v) is 7.39. The summed E-state index contributed by atoms with van der Waals surface area (Å²) in [4.78, 5) is 28.5. The molecular weight excluding hydrogens is 382 g/mol. The van der Waals surface area contributed by atoms with Crippen LogP contribution in [0, 0.1) is 6.92 Å². The number of hydrogen-bond acceptors (Lipinski definition) is 4. The second kappa shape index (κ2) is 8.79. The van der Waals surface area contributed by atoms with Gasteiger partial charge in [-0.2, -0.15) is 0 Å². The first-order valence-corrected chi connectivity index (χ1v) is 9.63. The fourth-order valence-electron chi connectivity index (χ4n) is 2.44. The van der Waals surface area contributed by atoms with Gasteiger partial charge in [-0.3, -0.25) is 9.59 Å². The Hall–Kier alpha value is -2.70. The molecule has 0 spiro atoms. The van der Waals surface area contributed by atoms with Gasteiger partial charge >= 0.3 is 0 Å². The van der Waals surface area contributed by atoms with Gasteiger partial charge in [-0.05, 0) is 43.3 Å². The Morgan fingerprint density at radius 2 is 1.78 bits per heavy atom. The van der Waals surface area contributed by atoms with Gasteiger partial charge in [0.1, 0.15) is 0 Å². The molecule has 1 heterocycles. The highest BCUT2D eigenvalue weighted by Gasteiger charge is 2.08. The van der Waals surface area contributed by atoms with Crippen LogP contribution in [0.15, 0.2) is 53.9 Å². The number of thiazole rings is 1. The van der Waals surface area contributed by atoms with E-state index in [1.165, 1.54) is 0 Å². The van der Waals surface area contributed by atoms with Gasteiger partial charge in [-0.25, -0.2) is 4.98 Å². The average molecular weight is 400 g/mol. The van der Waals surface area contributed by atoms with Crippen molar-refractivity contribution in [3.63, 3.8) is 0 Å². The summed E-state index contributed by atoms with van der Waals surface area (Å²) in [5.74, 6) is -0.397. The summed E-state index contributed by atoms with van der Waals surface area (Å²) < 4.78 is 0. The van der Waals surface area contributed by atoms with Crippen molar-refractivity contribution in [3.05, 3.63) is 69.5 Å². The van der Waals surface area contributed by atoms with Crippen LogP contribution < -0.4 is 10.6 Å². The molecule has 0 fully saturated rings. The number of aromatic nitrogens is 1. The Morgan fingerprint density at radius 1 is 1.07 bits per heavy atom. The lowest BCUT2D eigenvalue weighted by molar-refractivity contribution is -0.116. The third-order valence-electron chi connectivity index (χ3n) is 3.83. The SMILES string of the molecule is Cc1nc(-c2ccc(NC(=O)CCNC(=O)c3ccc(Cl)cc3)cc2)cs1. The topological polar surface area (TPSA) is 71.1 Å². The quantitative estimate of drug-likeness (QED) is 0.639. The second-order valence-electron chi connectivity index (χ2n) is 5.89. The number of halogens is 1. The molecule has 5 nitrogen and oxygen atoms in total. The molecular formula is C20H18ClN3O2S. The number of carbonyl (C=O) groups excluding carboxylic acids is 2. The number of carbonyl (C=O) groups is 2. The normalized spacial score (nSPS) is 10.4. The molecule has 0 bridgehead atoms. The molecule has 1 aromatic heterocycles. The number of benzene rings is 2. The largest absolute Gasteiger partial charge is 0.352 e. The molecule has 2 aromatic carbocycles. The third kappa shape index (κ3) is 5.39. The Labute approximate surface area is 166 Å². The molecule has 0 radical (unpaired) electrons. The first-order chi connectivity index (χ1) is 13.0. The molecule has 0 aliphatic carbocycles. The van der Waals surface area contributed by atoms with Crippen molar-refractivity contribution < 1.29 is 9.59 Å². The molecule has 0 unspecified atom stereocenters. The molecule has 27 heavy (non-hydrogen) atoms. The summed E-state index contributed by atoms with van der Waals surface area (Å²) in [7, 11) is 0. The number of hydrogen-bond donors (Lipinski definition) is 2. The third-order valence-corrected chi connectivity index (χ3v) is 4.85. The van der Waals surface area contributed by atoms with E-state index < -0.39 is 0 Å². The van der Waals surface area contributed by atoms with Gasteiger partial charge in [0.15, 0.2) is 0 Å². The molecule has 2 amide bonds. The van der Waals surface area contributed by atoms with Crippen molar-refractivity contribution in [1.29, 1.82) is 0 Å². The van der Waals surface area contributed by atoms with E-state index in [0.717, 1.165) is 16.3 Å². The lowest BCUT2D eigenvalue weighted by Gasteiger charge is -2.07. The van der Waals surface area contributed by atoms with Crippen molar-refractivity contribution in [2.24, 2.45) is 0 Å². The minimum Gasteiger partial charge on any atom is -0.352 e. The molecule has 0 atom stereocenters. The highest BCUT2D eigenvalue weighted by atomic mass is 35.5. The number of anilines is 1. The van der Waals surface area contributed by atoms with Crippen LogP contribution in [0.25, 0.3) is 11.3 Å². The lowest BCUT2D eigenvalue weighted by Crippen LogP contribution is -2.27. The maximum Gasteiger partial charge on any atom is 0.251 e. The summed E-state index contributed by atoms with van der Waals surface area (Å²) in [6, 6.07) is 14.1. The van der Waals surface area contributed by atoms with Crippen LogP contribution in [0.3, 0.4) is 0 Å². The number of nitrogens with zero attached hydrogens (tertiary/aromatic N) is 1. The smallest absolute Gasteiger partial charge is 0.251 e. The summed E-state index contributed by atoms with van der Waals surface area (Å²) in [6.07, 6.45) is 0.187. The van der Waals surface area contributed by atoms with Gasteiger partial charge in [-0.15, -0.1) is 11.3 Å². The highest BCUT2D eigenvalue weighted by molar-refractivity contribution is 7.09. The van der Waals surface area contributed by atoms with E-state index in [1.54, 1.807) is 35.6 Å². The Kier molecular flexibility index (Phi) is 6.21. The van der Waals surface area contributed by atoms with Gasteiger partial charge in [0.2, 0.25) is 5.91 Å². The van der Waals surface area contributed by atoms with Crippen molar-refractivity contribution in [1.82, 2.24) is 10.3 Å². The predicted molar refractivity (Wildman–Crippen MR) is 109 cm³/mol. The van der Waals surface area contributed by atoms with Gasteiger partial charge in [-0.1, -0.05) is 23.7 Å². The number of nitrogens with one attached hydrogen (secondary N) is 2. The molecule has 0 saturated carbocycles. The molecule has 0 aliphatic heterocycles. The zero-order valence-corrected chi connectivity index (χ0v) is 16.2. The number of aryl methyl sites for hydroxylation is 1. The zero-order valence-electron chi connectivity index (χ0n) is 14.7. The fourth-order valence-corrected chi connectivity index (χ4v) is 3.18. The van der Waals surface area contributed by atoms with Crippen molar-refractivity contribution >= 4 is 40.4 Å². The molecule has 138 valence electrons. The Morgan fingerprint density at radius 3 is 2.41 bits per heavy atom. The molecule has 3 rings (SSSR count). The van der Waals surface area contributed by atoms with Crippen LogP contribution in [0.5, 0.6) is 0 Å². The van der Waals surface area contributed by atoms with Crippen LogP contribution in [0.1, 0.15) is 21.8 Å². The monoisotopic (exact) mass is 399 g/mol. The lowest BCUT2D eigenvalue weighted by atomic mass is 10.1. The van der Waals surface area contributed by atoms with E-state index >= 15 is 0 Å². The summed E-state index contributed by atoms with van der Waals surface area (Å²) in [5.41, 5.74) is 3.15. The summed E-state index contributed by atoms with van der Waals surface area (Å²) in [5, 5.41) is 9.13. The van der Waals surface area contributed by atoms with E-state index in [-0.39, 0.29) is 24.8 Å². The first-order valence-electron chi connectivity index (χ1n) is 8.37. The minimum absolute atomic E-state index is 0.163. The van der Waals surface area contributed by atoms with Crippen molar-refractivity contribution in [2.75, 3.05) is 11.9 Å². The average Bonchev–Trinajstić information content (AvgIpc) is 3.09. The predicted octanol–water partition coefficient (Wildman–Crippen LogP) is 4.53. The van der Waals surface area contributed by atoms with Gasteiger partial charge in [0, 0.05) is 40.2 Å². The molecule has 3 aromatic rings. The van der Waals surface area contributed by atoms with E-state index in [4.69, 9.17) is 11.6 Å². The Bertz CT molecular complexity index is 937. The summed E-state index contributed by atoms with van der Waals surface area (Å²) >= 11 is 7.40. The van der Waals surface area contributed by atoms with Crippen LogP contribution in [0.2, 0.25) is 5.02 Å².